The van der Waals surface area contributed by atoms with Crippen molar-refractivity contribution in [2.24, 2.45) is 5.92 Å². The third kappa shape index (κ3) is 3.06. The molecule has 0 radical (unpaired) electrons. The summed E-state index contributed by atoms with van der Waals surface area (Å²) in [5.74, 6) is -0.121. The van der Waals surface area contributed by atoms with Gasteiger partial charge in [-0.05, 0) is 31.0 Å². The van der Waals surface area contributed by atoms with Gasteiger partial charge >= 0.3 is 0 Å². The average molecular weight is 303 g/mol. The van der Waals surface area contributed by atoms with Gasteiger partial charge in [-0.3, -0.25) is 0 Å². The van der Waals surface area contributed by atoms with Gasteiger partial charge in [-0.15, -0.1) is 0 Å². The van der Waals surface area contributed by atoms with Gasteiger partial charge in [-0.2, -0.15) is 0 Å². The zero-order valence-electron chi connectivity index (χ0n) is 9.75. The molecule has 0 saturated carbocycles. The van der Waals surface area contributed by atoms with Crippen LogP contribution in [0.15, 0.2) is 22.7 Å². The van der Waals surface area contributed by atoms with Gasteiger partial charge in [0.25, 0.3) is 0 Å². The number of rotatable bonds is 3. The first-order valence-electron chi connectivity index (χ1n) is 5.73. The van der Waals surface area contributed by atoms with Crippen molar-refractivity contribution in [2.75, 3.05) is 13.2 Å². The summed E-state index contributed by atoms with van der Waals surface area (Å²) in [5.41, 5.74) is 0.111. The molecule has 1 heterocycles. The second-order valence-corrected chi connectivity index (χ2v) is 5.68. The number of ether oxygens (including phenoxy) is 1. The molecule has 94 valence electrons. The highest BCUT2D eigenvalue weighted by Gasteiger charge is 2.35. The first kappa shape index (κ1) is 13.0. The molecule has 1 aromatic carbocycles. The molecule has 0 bridgehead atoms. The minimum absolute atomic E-state index is 0.152. The van der Waals surface area contributed by atoms with E-state index in [0.29, 0.717) is 24.1 Å². The van der Waals surface area contributed by atoms with E-state index in [1.807, 2.05) is 6.92 Å². The Hall–Kier alpha value is -0.450. The third-order valence-corrected chi connectivity index (χ3v) is 4.11. The Kier molecular flexibility index (Phi) is 3.85. The van der Waals surface area contributed by atoms with Crippen molar-refractivity contribution in [2.45, 2.75) is 25.4 Å². The molecular weight excluding hydrogens is 287 g/mol. The molecule has 2 unspecified atom stereocenters. The van der Waals surface area contributed by atoms with Gasteiger partial charge in [0.15, 0.2) is 0 Å². The van der Waals surface area contributed by atoms with E-state index in [2.05, 4.69) is 15.9 Å². The zero-order chi connectivity index (χ0) is 12.5. The van der Waals surface area contributed by atoms with Crippen molar-refractivity contribution in [3.63, 3.8) is 0 Å². The summed E-state index contributed by atoms with van der Waals surface area (Å²) in [4.78, 5) is 0. The highest BCUT2D eigenvalue weighted by molar-refractivity contribution is 9.10. The van der Waals surface area contributed by atoms with Gasteiger partial charge < -0.3 is 9.84 Å². The van der Waals surface area contributed by atoms with Crippen LogP contribution in [0.2, 0.25) is 0 Å². The monoisotopic (exact) mass is 302 g/mol. The average Bonchev–Trinajstić information content (AvgIpc) is 2.76. The van der Waals surface area contributed by atoms with Gasteiger partial charge in [0.1, 0.15) is 5.82 Å². The van der Waals surface area contributed by atoms with E-state index in [0.717, 1.165) is 12.0 Å². The molecule has 1 N–H and O–H groups in total. The maximum absolute atomic E-state index is 13.0. The van der Waals surface area contributed by atoms with Crippen LogP contribution in [0.25, 0.3) is 0 Å². The Morgan fingerprint density at radius 3 is 2.94 bits per heavy atom. The summed E-state index contributed by atoms with van der Waals surface area (Å²) >= 11 is 3.33. The van der Waals surface area contributed by atoms with Gasteiger partial charge in [0.2, 0.25) is 0 Å². The lowest BCUT2D eigenvalue weighted by molar-refractivity contribution is -0.00468. The number of hydrogen-bond donors (Lipinski definition) is 1. The van der Waals surface area contributed by atoms with E-state index in [9.17, 15) is 9.50 Å². The molecule has 1 saturated heterocycles. The van der Waals surface area contributed by atoms with Crippen molar-refractivity contribution in [3.8, 4) is 0 Å². The van der Waals surface area contributed by atoms with Crippen LogP contribution in [0.1, 0.15) is 18.9 Å². The fourth-order valence-electron chi connectivity index (χ4n) is 2.22. The molecule has 1 aliphatic rings. The van der Waals surface area contributed by atoms with Gasteiger partial charge in [-0.25, -0.2) is 4.39 Å². The lowest BCUT2D eigenvalue weighted by atomic mass is 9.83. The number of aliphatic hydroxyl groups is 1. The third-order valence-electron chi connectivity index (χ3n) is 3.37. The van der Waals surface area contributed by atoms with E-state index in [-0.39, 0.29) is 11.7 Å². The number of halogens is 2. The lowest BCUT2D eigenvalue weighted by Gasteiger charge is -2.29. The van der Waals surface area contributed by atoms with Crippen molar-refractivity contribution in [1.29, 1.82) is 0 Å². The van der Waals surface area contributed by atoms with Crippen LogP contribution in [0.3, 0.4) is 0 Å². The molecule has 0 aromatic heterocycles. The number of hydrogen-bond acceptors (Lipinski definition) is 2. The molecule has 2 nitrogen and oxygen atoms in total. The Bertz CT molecular complexity index is 400. The van der Waals surface area contributed by atoms with Gasteiger partial charge in [0.05, 0.1) is 12.2 Å². The molecule has 1 aliphatic heterocycles. The fourth-order valence-corrected chi connectivity index (χ4v) is 2.71. The van der Waals surface area contributed by atoms with Crippen LogP contribution < -0.4 is 0 Å². The zero-order valence-corrected chi connectivity index (χ0v) is 11.3. The van der Waals surface area contributed by atoms with E-state index >= 15 is 0 Å². The van der Waals surface area contributed by atoms with E-state index < -0.39 is 5.60 Å². The molecule has 17 heavy (non-hydrogen) atoms. The summed E-state index contributed by atoms with van der Waals surface area (Å²) in [6.07, 6.45) is 1.38. The quantitative estimate of drug-likeness (QED) is 0.930. The van der Waals surface area contributed by atoms with Crippen LogP contribution in [0.4, 0.5) is 4.39 Å². The van der Waals surface area contributed by atoms with Crippen LogP contribution in [-0.4, -0.2) is 23.9 Å². The van der Waals surface area contributed by atoms with Crippen molar-refractivity contribution < 1.29 is 14.2 Å². The standard InChI is InChI=1S/C13H16BrFO2/c1-13(16,10-4-5-17-8-10)7-9-2-3-11(15)6-12(9)14/h2-3,6,10,16H,4-5,7-8H2,1H3. The van der Waals surface area contributed by atoms with Crippen molar-refractivity contribution >= 4 is 15.9 Å². The molecule has 0 amide bonds. The second kappa shape index (κ2) is 5.04. The molecule has 2 atom stereocenters. The molecule has 1 fully saturated rings. The molecular formula is C13H16BrFO2. The van der Waals surface area contributed by atoms with Gasteiger partial charge in [-0.1, -0.05) is 22.0 Å². The minimum atomic E-state index is -0.809. The SMILES string of the molecule is CC(O)(Cc1ccc(F)cc1Br)C1CCOC1. The van der Waals surface area contributed by atoms with Crippen LogP contribution in [0.5, 0.6) is 0 Å². The molecule has 2 rings (SSSR count). The Balaban J connectivity index is 2.13. The predicted octanol–water partition coefficient (Wildman–Crippen LogP) is 2.92. The number of benzene rings is 1. The molecule has 0 aliphatic carbocycles. The Morgan fingerprint density at radius 1 is 1.59 bits per heavy atom. The first-order valence-corrected chi connectivity index (χ1v) is 6.52. The Labute approximate surface area is 109 Å². The minimum Gasteiger partial charge on any atom is -0.389 e. The smallest absolute Gasteiger partial charge is 0.124 e. The van der Waals surface area contributed by atoms with Crippen LogP contribution >= 0.6 is 15.9 Å². The van der Waals surface area contributed by atoms with Crippen LogP contribution in [0, 0.1) is 11.7 Å². The fraction of sp³-hybridized carbons (Fsp3) is 0.538. The summed E-state index contributed by atoms with van der Waals surface area (Å²) in [6.45, 7) is 3.14. The molecule has 0 spiro atoms. The maximum atomic E-state index is 13.0. The highest BCUT2D eigenvalue weighted by atomic mass is 79.9. The van der Waals surface area contributed by atoms with E-state index in [4.69, 9.17) is 4.74 Å². The Morgan fingerprint density at radius 2 is 2.35 bits per heavy atom. The van der Waals surface area contributed by atoms with E-state index in [1.165, 1.54) is 12.1 Å². The summed E-state index contributed by atoms with van der Waals surface area (Å²) < 4.78 is 19.0. The van der Waals surface area contributed by atoms with E-state index in [1.54, 1.807) is 6.07 Å². The molecule has 4 heteroatoms. The van der Waals surface area contributed by atoms with Gasteiger partial charge in [0, 0.05) is 23.4 Å². The largest absolute Gasteiger partial charge is 0.389 e. The normalized spacial score (nSPS) is 23.6. The van der Waals surface area contributed by atoms with Crippen LogP contribution in [-0.2, 0) is 11.2 Å². The predicted molar refractivity (Wildman–Crippen MR) is 67.4 cm³/mol. The first-order chi connectivity index (χ1) is 7.99. The maximum Gasteiger partial charge on any atom is 0.124 e. The summed E-state index contributed by atoms with van der Waals surface area (Å²) in [7, 11) is 0. The summed E-state index contributed by atoms with van der Waals surface area (Å²) in [6, 6.07) is 4.56. The second-order valence-electron chi connectivity index (χ2n) is 4.83. The van der Waals surface area contributed by atoms with Crippen molar-refractivity contribution in [3.05, 3.63) is 34.1 Å². The molecule has 1 aromatic rings. The summed E-state index contributed by atoms with van der Waals surface area (Å²) in [5, 5.41) is 10.5. The topological polar surface area (TPSA) is 29.5 Å². The highest BCUT2D eigenvalue weighted by Crippen LogP contribution is 2.31. The van der Waals surface area contributed by atoms with Crippen molar-refractivity contribution in [1.82, 2.24) is 0 Å². The lowest BCUT2D eigenvalue weighted by Crippen LogP contribution is -2.37.